The van der Waals surface area contributed by atoms with Crippen LogP contribution in [0.3, 0.4) is 0 Å². The van der Waals surface area contributed by atoms with E-state index in [0.717, 1.165) is 5.56 Å². The third kappa shape index (κ3) is 3.82. The van der Waals surface area contributed by atoms with Crippen LogP contribution in [0.15, 0.2) is 64.6 Å². The Bertz CT molecular complexity index is 751. The van der Waals surface area contributed by atoms with Gasteiger partial charge >= 0.3 is 0 Å². The summed E-state index contributed by atoms with van der Waals surface area (Å²) in [7, 11) is -3.62. The summed E-state index contributed by atoms with van der Waals surface area (Å²) in [4.78, 5) is 2.77. The van der Waals surface area contributed by atoms with Crippen LogP contribution in [-0.2, 0) is 10.0 Å². The van der Waals surface area contributed by atoms with Crippen molar-refractivity contribution in [1.29, 1.82) is 0 Å². The minimum absolute atomic E-state index is 0.127. The molecule has 0 amide bonds. The fraction of sp³-hybridized carbons (Fsp3) is 0.143. The van der Waals surface area contributed by atoms with Crippen LogP contribution >= 0.6 is 0 Å². The number of rotatable bonds is 5. The highest BCUT2D eigenvalue weighted by molar-refractivity contribution is 7.89. The molecule has 0 bridgehead atoms. The zero-order valence-corrected chi connectivity index (χ0v) is 12.2. The summed E-state index contributed by atoms with van der Waals surface area (Å²) in [5, 5.41) is 3.40. The maximum Gasteiger partial charge on any atom is 0.241 e. The van der Waals surface area contributed by atoms with Crippen molar-refractivity contribution in [2.45, 2.75) is 17.9 Å². The minimum atomic E-state index is -3.62. The van der Waals surface area contributed by atoms with Gasteiger partial charge in [0.25, 0.3) is 0 Å². The number of sulfonamides is 1. The average Bonchev–Trinajstić information content (AvgIpc) is 2.48. The lowest BCUT2D eigenvalue weighted by molar-refractivity contribution is 0.567. The van der Waals surface area contributed by atoms with Gasteiger partial charge in [-0.15, -0.1) is 0 Å². The summed E-state index contributed by atoms with van der Waals surface area (Å²) in [5.74, 6) is 0. The first kappa shape index (κ1) is 15.1. The molecule has 0 saturated heterocycles. The van der Waals surface area contributed by atoms with Gasteiger partial charge < -0.3 is 0 Å². The Balaban J connectivity index is 2.20. The molecule has 2 aromatic rings. The van der Waals surface area contributed by atoms with Gasteiger partial charge in [0.2, 0.25) is 10.0 Å². The van der Waals surface area contributed by atoms with E-state index in [-0.39, 0.29) is 10.9 Å². The van der Waals surface area contributed by atoms with Crippen LogP contribution in [0.1, 0.15) is 18.5 Å². The van der Waals surface area contributed by atoms with Gasteiger partial charge in [0.05, 0.1) is 4.90 Å². The number of nitrogens with zero attached hydrogens (tertiary/aromatic N) is 3. The van der Waals surface area contributed by atoms with E-state index in [9.17, 15) is 8.42 Å². The first-order valence-corrected chi connectivity index (χ1v) is 7.74. The van der Waals surface area contributed by atoms with Gasteiger partial charge in [0.15, 0.2) is 0 Å². The quantitative estimate of drug-likeness (QED) is 0.518. The van der Waals surface area contributed by atoms with Crippen LogP contribution in [0.4, 0.5) is 5.69 Å². The van der Waals surface area contributed by atoms with Crippen molar-refractivity contribution in [3.05, 3.63) is 70.6 Å². The molecule has 0 aromatic heterocycles. The largest absolute Gasteiger partial charge is 0.241 e. The smallest absolute Gasteiger partial charge is 0.207 e. The van der Waals surface area contributed by atoms with Gasteiger partial charge in [-0.1, -0.05) is 47.6 Å². The number of benzene rings is 2. The molecule has 6 nitrogen and oxygen atoms in total. The van der Waals surface area contributed by atoms with Crippen molar-refractivity contribution in [3.63, 3.8) is 0 Å². The average molecular weight is 302 g/mol. The maximum atomic E-state index is 12.3. The van der Waals surface area contributed by atoms with E-state index in [1.807, 2.05) is 30.3 Å². The molecule has 2 aromatic carbocycles. The topological polar surface area (TPSA) is 94.9 Å². The molecule has 0 aliphatic heterocycles. The molecule has 108 valence electrons. The summed E-state index contributed by atoms with van der Waals surface area (Å²) in [6, 6.07) is 14.7. The second-order valence-corrected chi connectivity index (χ2v) is 6.15. The van der Waals surface area contributed by atoms with Crippen molar-refractivity contribution < 1.29 is 8.42 Å². The molecule has 0 heterocycles. The van der Waals surface area contributed by atoms with Crippen molar-refractivity contribution in [2.24, 2.45) is 5.11 Å². The van der Waals surface area contributed by atoms with Crippen LogP contribution in [0.2, 0.25) is 0 Å². The first-order valence-electron chi connectivity index (χ1n) is 6.25. The summed E-state index contributed by atoms with van der Waals surface area (Å²) < 4.78 is 27.2. The molecule has 1 N–H and O–H groups in total. The normalized spacial score (nSPS) is 12.4. The van der Waals surface area contributed by atoms with Gasteiger partial charge in [-0.3, -0.25) is 0 Å². The molecule has 21 heavy (non-hydrogen) atoms. The predicted molar refractivity (Wildman–Crippen MR) is 80.4 cm³/mol. The summed E-state index contributed by atoms with van der Waals surface area (Å²) in [6.07, 6.45) is 0. The van der Waals surface area contributed by atoms with E-state index in [2.05, 4.69) is 14.7 Å². The van der Waals surface area contributed by atoms with Gasteiger partial charge in [-0.25, -0.2) is 13.1 Å². The lowest BCUT2D eigenvalue weighted by Crippen LogP contribution is -2.26. The van der Waals surface area contributed by atoms with Crippen LogP contribution in [0.5, 0.6) is 0 Å². The van der Waals surface area contributed by atoms with Gasteiger partial charge in [0.1, 0.15) is 0 Å². The molecule has 2 rings (SSSR count). The zero-order chi connectivity index (χ0) is 15.3. The Morgan fingerprint density at radius 2 is 1.71 bits per heavy atom. The molecule has 0 fully saturated rings. The molecule has 0 spiro atoms. The van der Waals surface area contributed by atoms with E-state index in [4.69, 9.17) is 5.53 Å². The lowest BCUT2D eigenvalue weighted by atomic mass is 10.1. The molecule has 0 aliphatic rings. The molecule has 0 aliphatic carbocycles. The van der Waals surface area contributed by atoms with E-state index in [1.54, 1.807) is 6.92 Å². The number of hydrogen-bond donors (Lipinski definition) is 1. The highest BCUT2D eigenvalue weighted by atomic mass is 32.2. The number of azide groups is 1. The standard InChI is InChI=1S/C14H14N4O2S/c1-11(12-5-3-2-4-6-12)17-21(19,20)14-9-7-13(8-10-14)16-18-15/h2-11,17H,1H3. The Kier molecular flexibility index (Phi) is 4.59. The van der Waals surface area contributed by atoms with Crippen LogP contribution in [0.25, 0.3) is 10.4 Å². The second-order valence-electron chi connectivity index (χ2n) is 4.44. The highest BCUT2D eigenvalue weighted by Gasteiger charge is 2.17. The molecule has 0 saturated carbocycles. The van der Waals surface area contributed by atoms with Crippen LogP contribution in [-0.4, -0.2) is 8.42 Å². The third-order valence-electron chi connectivity index (χ3n) is 2.94. The second kappa shape index (κ2) is 6.41. The summed E-state index contributed by atoms with van der Waals surface area (Å²) in [5.41, 5.74) is 9.57. The molecular weight excluding hydrogens is 288 g/mol. The first-order chi connectivity index (χ1) is 10.0. The van der Waals surface area contributed by atoms with E-state index < -0.39 is 10.0 Å². The molecule has 1 unspecified atom stereocenters. The van der Waals surface area contributed by atoms with Crippen LogP contribution in [0, 0.1) is 0 Å². The fourth-order valence-corrected chi connectivity index (χ4v) is 3.09. The Morgan fingerprint density at radius 1 is 1.10 bits per heavy atom. The SMILES string of the molecule is CC(NS(=O)(=O)c1ccc(N=[N+]=[N-])cc1)c1ccccc1. The lowest BCUT2D eigenvalue weighted by Gasteiger charge is -2.14. The minimum Gasteiger partial charge on any atom is -0.207 e. The fourth-order valence-electron chi connectivity index (χ4n) is 1.85. The maximum absolute atomic E-state index is 12.3. The Labute approximate surface area is 123 Å². The summed E-state index contributed by atoms with van der Waals surface area (Å²) >= 11 is 0. The third-order valence-corrected chi connectivity index (χ3v) is 4.50. The zero-order valence-electron chi connectivity index (χ0n) is 11.3. The summed E-state index contributed by atoms with van der Waals surface area (Å²) in [6.45, 7) is 1.78. The number of hydrogen-bond acceptors (Lipinski definition) is 3. The van der Waals surface area contributed by atoms with Crippen molar-refractivity contribution in [2.75, 3.05) is 0 Å². The van der Waals surface area contributed by atoms with E-state index >= 15 is 0 Å². The van der Waals surface area contributed by atoms with E-state index in [0.29, 0.717) is 5.69 Å². The molecule has 0 radical (unpaired) electrons. The van der Waals surface area contributed by atoms with Gasteiger partial charge in [-0.05, 0) is 30.2 Å². The Hall–Kier alpha value is -2.34. The van der Waals surface area contributed by atoms with Gasteiger partial charge in [0, 0.05) is 16.6 Å². The van der Waals surface area contributed by atoms with Crippen molar-refractivity contribution >= 4 is 15.7 Å². The Morgan fingerprint density at radius 3 is 2.29 bits per heavy atom. The van der Waals surface area contributed by atoms with Crippen molar-refractivity contribution in [1.82, 2.24) is 4.72 Å². The van der Waals surface area contributed by atoms with Gasteiger partial charge in [-0.2, -0.15) is 0 Å². The molecular formula is C14H14N4O2S. The van der Waals surface area contributed by atoms with E-state index in [1.165, 1.54) is 24.3 Å². The number of nitrogens with one attached hydrogen (secondary N) is 1. The monoisotopic (exact) mass is 302 g/mol. The van der Waals surface area contributed by atoms with Crippen LogP contribution < -0.4 is 4.72 Å². The predicted octanol–water partition coefficient (Wildman–Crippen LogP) is 3.67. The highest BCUT2D eigenvalue weighted by Crippen LogP contribution is 2.19. The molecule has 7 heteroatoms. The van der Waals surface area contributed by atoms with Crippen molar-refractivity contribution in [3.8, 4) is 0 Å². The molecule has 1 atom stereocenters.